The number of anilines is 1. The van der Waals surface area contributed by atoms with Gasteiger partial charge in [0.05, 0.1) is 18.4 Å². The van der Waals surface area contributed by atoms with Crippen LogP contribution in [-0.2, 0) is 16.1 Å². The molecule has 0 bridgehead atoms. The first-order valence-corrected chi connectivity index (χ1v) is 8.70. The predicted molar refractivity (Wildman–Crippen MR) is 97.5 cm³/mol. The lowest BCUT2D eigenvalue weighted by Crippen LogP contribution is -2.41. The van der Waals surface area contributed by atoms with Crippen LogP contribution in [0.4, 0.5) is 5.69 Å². The van der Waals surface area contributed by atoms with Crippen LogP contribution < -0.4 is 11.0 Å². The van der Waals surface area contributed by atoms with Crippen LogP contribution in [0.1, 0.15) is 18.4 Å². The molecule has 8 nitrogen and oxygen atoms in total. The lowest BCUT2D eigenvalue weighted by atomic mass is 9.73. The number of hydrogen-bond donors (Lipinski definition) is 2. The fourth-order valence-electron chi connectivity index (χ4n) is 3.34. The first-order valence-electron chi connectivity index (χ1n) is 8.70. The minimum Gasteiger partial charge on any atom is -0.481 e. The molecule has 0 aliphatic heterocycles. The molecule has 3 aromatic rings. The summed E-state index contributed by atoms with van der Waals surface area (Å²) in [7, 11) is 0. The largest absolute Gasteiger partial charge is 0.481 e. The van der Waals surface area contributed by atoms with Crippen LogP contribution in [0, 0.1) is 11.8 Å². The molecule has 2 unspecified atom stereocenters. The molecule has 1 amide bonds. The van der Waals surface area contributed by atoms with Crippen molar-refractivity contribution >= 4 is 23.2 Å². The Morgan fingerprint density at radius 2 is 1.96 bits per heavy atom. The molecule has 0 saturated heterocycles. The van der Waals surface area contributed by atoms with Gasteiger partial charge >= 0.3 is 11.7 Å². The quantitative estimate of drug-likeness (QED) is 0.713. The summed E-state index contributed by atoms with van der Waals surface area (Å²) in [6, 6.07) is 12.5. The number of carbonyl (C=O) groups is 2. The Kier molecular flexibility index (Phi) is 4.23. The van der Waals surface area contributed by atoms with Gasteiger partial charge in [0.2, 0.25) is 5.91 Å². The molecule has 1 saturated carbocycles. The van der Waals surface area contributed by atoms with Crippen molar-refractivity contribution < 1.29 is 14.7 Å². The normalized spacial score (nSPS) is 18.8. The van der Waals surface area contributed by atoms with Crippen LogP contribution in [0.15, 0.2) is 53.5 Å². The van der Waals surface area contributed by atoms with E-state index in [1.807, 2.05) is 12.1 Å². The topological polar surface area (TPSA) is 106 Å². The van der Waals surface area contributed by atoms with Crippen LogP contribution in [0.2, 0.25) is 0 Å². The standard InChI is InChI=1S/C19H18N4O4/c24-17(14-7-8-15(14)18(25)26)20-13-5-3-4-12(10-13)11-23-19(27)22-9-2-1-6-16(22)21-23/h1-6,9-10,14-15H,7-8,11H2,(H,20,24)(H,25,26). The van der Waals surface area contributed by atoms with Crippen molar-refractivity contribution in [3.05, 3.63) is 64.7 Å². The van der Waals surface area contributed by atoms with Crippen molar-refractivity contribution in [3.8, 4) is 0 Å². The predicted octanol–water partition coefficient (Wildman–Crippen LogP) is 1.59. The highest BCUT2D eigenvalue weighted by Gasteiger charge is 2.41. The number of hydrogen-bond acceptors (Lipinski definition) is 4. The minimum absolute atomic E-state index is 0.237. The molecular formula is C19H18N4O4. The van der Waals surface area contributed by atoms with Crippen LogP contribution >= 0.6 is 0 Å². The molecule has 27 heavy (non-hydrogen) atoms. The van der Waals surface area contributed by atoms with Crippen molar-refractivity contribution in [2.75, 3.05) is 5.32 Å². The van der Waals surface area contributed by atoms with Crippen molar-refractivity contribution in [1.82, 2.24) is 14.2 Å². The number of fused-ring (bicyclic) bond motifs is 1. The Bertz CT molecular complexity index is 1080. The van der Waals surface area contributed by atoms with Gasteiger partial charge in [-0.3, -0.25) is 14.0 Å². The number of aromatic nitrogens is 3. The third-order valence-corrected chi connectivity index (χ3v) is 4.94. The molecule has 1 fully saturated rings. The number of benzene rings is 1. The molecule has 1 aliphatic carbocycles. The van der Waals surface area contributed by atoms with E-state index in [1.165, 1.54) is 9.08 Å². The Labute approximate surface area is 154 Å². The summed E-state index contributed by atoms with van der Waals surface area (Å²) < 4.78 is 2.83. The van der Waals surface area contributed by atoms with E-state index in [2.05, 4.69) is 10.4 Å². The summed E-state index contributed by atoms with van der Waals surface area (Å²) >= 11 is 0. The second kappa shape index (κ2) is 6.71. The van der Waals surface area contributed by atoms with E-state index in [4.69, 9.17) is 5.11 Å². The molecular weight excluding hydrogens is 348 g/mol. The average molecular weight is 366 g/mol. The minimum atomic E-state index is -0.929. The van der Waals surface area contributed by atoms with Crippen molar-refractivity contribution in [1.29, 1.82) is 0 Å². The number of carboxylic acid groups (broad SMARTS) is 1. The molecule has 0 radical (unpaired) electrons. The monoisotopic (exact) mass is 366 g/mol. The van der Waals surface area contributed by atoms with E-state index in [-0.39, 0.29) is 18.1 Å². The van der Waals surface area contributed by atoms with Gasteiger partial charge in [0.15, 0.2) is 5.65 Å². The third-order valence-electron chi connectivity index (χ3n) is 4.94. The number of pyridine rings is 1. The molecule has 2 aromatic heterocycles. The van der Waals surface area contributed by atoms with E-state index < -0.39 is 17.8 Å². The fourth-order valence-corrected chi connectivity index (χ4v) is 3.34. The highest BCUT2D eigenvalue weighted by molar-refractivity contribution is 5.96. The Morgan fingerprint density at radius 1 is 1.15 bits per heavy atom. The molecule has 1 aromatic carbocycles. The van der Waals surface area contributed by atoms with E-state index in [1.54, 1.807) is 36.5 Å². The summed E-state index contributed by atoms with van der Waals surface area (Å²) in [5, 5.41) is 16.2. The lowest BCUT2D eigenvalue weighted by Gasteiger charge is -2.31. The number of amides is 1. The van der Waals surface area contributed by atoms with E-state index >= 15 is 0 Å². The first-order chi connectivity index (χ1) is 13.0. The molecule has 2 heterocycles. The summed E-state index contributed by atoms with van der Waals surface area (Å²) in [6.07, 6.45) is 2.78. The number of aliphatic carboxylic acids is 1. The van der Waals surface area contributed by atoms with Crippen molar-refractivity contribution in [3.63, 3.8) is 0 Å². The van der Waals surface area contributed by atoms with Crippen molar-refractivity contribution in [2.24, 2.45) is 11.8 Å². The molecule has 2 N–H and O–H groups in total. The van der Waals surface area contributed by atoms with E-state index in [0.717, 1.165) is 5.56 Å². The molecule has 138 valence electrons. The van der Waals surface area contributed by atoms with Crippen LogP contribution in [0.5, 0.6) is 0 Å². The zero-order valence-corrected chi connectivity index (χ0v) is 14.4. The number of carboxylic acids is 1. The highest BCUT2D eigenvalue weighted by atomic mass is 16.4. The second-order valence-corrected chi connectivity index (χ2v) is 6.69. The van der Waals surface area contributed by atoms with Crippen molar-refractivity contribution in [2.45, 2.75) is 19.4 Å². The van der Waals surface area contributed by atoms with Crippen LogP contribution in [0.25, 0.3) is 5.65 Å². The maximum atomic E-state index is 12.4. The Balaban J connectivity index is 1.51. The van der Waals surface area contributed by atoms with Gasteiger partial charge in [0.25, 0.3) is 0 Å². The zero-order chi connectivity index (χ0) is 19.0. The van der Waals surface area contributed by atoms with E-state index in [0.29, 0.717) is 24.2 Å². The molecule has 2 atom stereocenters. The number of carbonyl (C=O) groups excluding carboxylic acids is 1. The van der Waals surface area contributed by atoms with Gasteiger partial charge in [-0.2, -0.15) is 0 Å². The summed E-state index contributed by atoms with van der Waals surface area (Å²) in [6.45, 7) is 0.269. The average Bonchev–Trinajstić information content (AvgIpc) is 2.90. The first kappa shape index (κ1) is 17.0. The SMILES string of the molecule is O=C(O)C1CCC1C(=O)Nc1cccc(Cn2nc3ccccn3c2=O)c1. The maximum absolute atomic E-state index is 12.4. The number of nitrogens with zero attached hydrogens (tertiary/aromatic N) is 3. The lowest BCUT2D eigenvalue weighted by molar-refractivity contribution is -0.151. The fraction of sp³-hybridized carbons (Fsp3) is 0.263. The highest BCUT2D eigenvalue weighted by Crippen LogP contribution is 2.35. The van der Waals surface area contributed by atoms with Gasteiger partial charge in [0.1, 0.15) is 0 Å². The zero-order valence-electron chi connectivity index (χ0n) is 14.4. The molecule has 4 rings (SSSR count). The molecule has 8 heteroatoms. The van der Waals surface area contributed by atoms with Crippen LogP contribution in [-0.4, -0.2) is 31.2 Å². The maximum Gasteiger partial charge on any atom is 0.350 e. The summed E-state index contributed by atoms with van der Waals surface area (Å²) in [5.74, 6) is -2.31. The van der Waals surface area contributed by atoms with Gasteiger partial charge in [-0.1, -0.05) is 18.2 Å². The molecule has 0 spiro atoms. The second-order valence-electron chi connectivity index (χ2n) is 6.69. The summed E-state index contributed by atoms with van der Waals surface area (Å²) in [4.78, 5) is 35.8. The summed E-state index contributed by atoms with van der Waals surface area (Å²) in [5.41, 5.74) is 1.71. The Morgan fingerprint density at radius 3 is 2.67 bits per heavy atom. The number of nitrogens with one attached hydrogen (secondary N) is 1. The smallest absolute Gasteiger partial charge is 0.350 e. The van der Waals surface area contributed by atoms with Crippen LogP contribution in [0.3, 0.4) is 0 Å². The third kappa shape index (κ3) is 3.21. The van der Waals surface area contributed by atoms with Gasteiger partial charge in [0, 0.05) is 11.9 Å². The van der Waals surface area contributed by atoms with E-state index in [9.17, 15) is 14.4 Å². The molecule has 1 aliphatic rings. The van der Waals surface area contributed by atoms with Gasteiger partial charge < -0.3 is 10.4 Å². The van der Waals surface area contributed by atoms with Gasteiger partial charge in [-0.15, -0.1) is 5.10 Å². The number of rotatable bonds is 5. The Hall–Kier alpha value is -3.42. The van der Waals surface area contributed by atoms with Gasteiger partial charge in [-0.25, -0.2) is 9.48 Å². The van der Waals surface area contributed by atoms with Gasteiger partial charge in [-0.05, 0) is 42.7 Å².